The minimum absolute atomic E-state index is 0.433. The first-order chi connectivity index (χ1) is 7.98. The van der Waals surface area contributed by atoms with Crippen LogP contribution < -0.4 is 0 Å². The molecule has 17 heavy (non-hydrogen) atoms. The lowest BCUT2D eigenvalue weighted by Crippen LogP contribution is -2.35. The molecule has 0 aromatic carbocycles. The maximum Gasteiger partial charge on any atom is -0.00707 e. The highest BCUT2D eigenvalue weighted by atomic mass is 14.5. The van der Waals surface area contributed by atoms with Gasteiger partial charge in [0.1, 0.15) is 0 Å². The van der Waals surface area contributed by atoms with E-state index in [1.165, 1.54) is 32.1 Å². The number of hydrogen-bond acceptors (Lipinski definition) is 0. The van der Waals surface area contributed by atoms with Gasteiger partial charge in [0.05, 0.1) is 0 Å². The van der Waals surface area contributed by atoms with Crippen molar-refractivity contribution in [2.45, 2.75) is 73.6 Å². The number of hydrogen-bond donors (Lipinski definition) is 0. The molecule has 1 atom stereocenters. The summed E-state index contributed by atoms with van der Waals surface area (Å²) < 4.78 is 0. The van der Waals surface area contributed by atoms with Crippen molar-refractivity contribution in [3.8, 4) is 0 Å². The van der Waals surface area contributed by atoms with Crippen molar-refractivity contribution in [1.29, 1.82) is 0 Å². The second kappa shape index (κ2) is 5.42. The normalized spacial score (nSPS) is 30.5. The van der Waals surface area contributed by atoms with Gasteiger partial charge >= 0.3 is 0 Å². The molecule has 0 aromatic rings. The van der Waals surface area contributed by atoms with Crippen LogP contribution in [0.2, 0.25) is 0 Å². The molecule has 0 heterocycles. The smallest absolute Gasteiger partial charge is 0.00707 e. The van der Waals surface area contributed by atoms with E-state index >= 15 is 0 Å². The van der Waals surface area contributed by atoms with E-state index in [0.29, 0.717) is 10.8 Å². The van der Waals surface area contributed by atoms with E-state index in [2.05, 4.69) is 39.8 Å². The van der Waals surface area contributed by atoms with Crippen molar-refractivity contribution in [3.63, 3.8) is 0 Å². The zero-order valence-electron chi connectivity index (χ0n) is 12.7. The minimum atomic E-state index is 0.433. The number of fused-ring (bicyclic) bond motifs is 1. The van der Waals surface area contributed by atoms with Crippen LogP contribution in [0.4, 0.5) is 0 Å². The van der Waals surface area contributed by atoms with E-state index in [9.17, 15) is 0 Å². The molecular formula is C17H30. The van der Waals surface area contributed by atoms with Crippen molar-refractivity contribution >= 4 is 0 Å². The van der Waals surface area contributed by atoms with Crippen LogP contribution in [0.3, 0.4) is 0 Å². The first-order valence-electron chi connectivity index (χ1n) is 7.39. The Labute approximate surface area is 108 Å². The molecule has 1 unspecified atom stereocenters. The zero-order valence-corrected chi connectivity index (χ0v) is 12.7. The monoisotopic (exact) mass is 234 g/mol. The van der Waals surface area contributed by atoms with Crippen molar-refractivity contribution in [2.24, 2.45) is 10.8 Å². The second-order valence-electron chi connectivity index (χ2n) is 6.23. The minimum Gasteiger partial charge on any atom is -0.0696 e. The van der Waals surface area contributed by atoms with Crippen molar-refractivity contribution < 1.29 is 0 Å². The maximum atomic E-state index is 2.47. The maximum absolute atomic E-state index is 2.47. The van der Waals surface area contributed by atoms with Gasteiger partial charge in [-0.05, 0) is 36.5 Å². The van der Waals surface area contributed by atoms with Gasteiger partial charge in [0.25, 0.3) is 0 Å². The fourth-order valence-corrected chi connectivity index (χ4v) is 3.62. The lowest BCUT2D eigenvalue weighted by atomic mass is 9.57. The first kappa shape index (κ1) is 14.5. The largest absolute Gasteiger partial charge is 0.0696 e. The van der Waals surface area contributed by atoms with Crippen LogP contribution in [0, 0.1) is 10.8 Å². The van der Waals surface area contributed by atoms with Crippen LogP contribution in [0.15, 0.2) is 23.3 Å². The third-order valence-corrected chi connectivity index (χ3v) is 4.47. The fraction of sp³-hybridized carbons (Fsp3) is 0.765. The Kier molecular flexibility index (Phi) is 4.63. The average molecular weight is 234 g/mol. The molecule has 2 aliphatic carbocycles. The molecule has 0 heteroatoms. The van der Waals surface area contributed by atoms with Crippen LogP contribution in [0.1, 0.15) is 73.6 Å². The van der Waals surface area contributed by atoms with Gasteiger partial charge in [-0.25, -0.2) is 0 Å². The van der Waals surface area contributed by atoms with Crippen LogP contribution in [0.5, 0.6) is 0 Å². The third-order valence-electron chi connectivity index (χ3n) is 4.47. The molecule has 0 N–H and O–H groups in total. The van der Waals surface area contributed by atoms with Gasteiger partial charge in [0.15, 0.2) is 0 Å². The first-order valence-corrected chi connectivity index (χ1v) is 7.39. The number of rotatable bonds is 1. The highest BCUT2D eigenvalue weighted by molar-refractivity contribution is 5.35. The summed E-state index contributed by atoms with van der Waals surface area (Å²) in [6.45, 7) is 13.6. The molecule has 98 valence electrons. The predicted octanol–water partition coefficient (Wildman–Crippen LogP) is 5.90. The Morgan fingerprint density at radius 3 is 2.29 bits per heavy atom. The van der Waals surface area contributed by atoms with E-state index in [-0.39, 0.29) is 0 Å². The molecule has 0 saturated heterocycles. The molecule has 0 amide bonds. The summed E-state index contributed by atoms with van der Waals surface area (Å²) in [5.41, 5.74) is 4.25. The van der Waals surface area contributed by atoms with Crippen molar-refractivity contribution in [2.75, 3.05) is 0 Å². The third kappa shape index (κ3) is 2.84. The Bertz CT molecular complexity index is 317. The topological polar surface area (TPSA) is 0 Å². The molecule has 1 fully saturated rings. The summed E-state index contributed by atoms with van der Waals surface area (Å²) >= 11 is 0. The Balaban J connectivity index is 0.000000686. The van der Waals surface area contributed by atoms with Crippen molar-refractivity contribution in [3.05, 3.63) is 23.3 Å². The summed E-state index contributed by atoms with van der Waals surface area (Å²) in [5, 5.41) is 0. The van der Waals surface area contributed by atoms with Gasteiger partial charge in [-0.15, -0.1) is 0 Å². The Hall–Kier alpha value is -0.520. The molecule has 0 aliphatic heterocycles. The van der Waals surface area contributed by atoms with Gasteiger partial charge in [-0.1, -0.05) is 71.3 Å². The van der Waals surface area contributed by atoms with Crippen LogP contribution in [-0.2, 0) is 0 Å². The van der Waals surface area contributed by atoms with E-state index in [1.54, 1.807) is 11.1 Å². The summed E-state index contributed by atoms with van der Waals surface area (Å²) in [6, 6.07) is 0. The highest BCUT2D eigenvalue weighted by Crippen LogP contribution is 2.55. The summed E-state index contributed by atoms with van der Waals surface area (Å²) in [5.74, 6) is 0. The molecule has 0 radical (unpaired) electrons. The Morgan fingerprint density at radius 2 is 1.71 bits per heavy atom. The van der Waals surface area contributed by atoms with Gasteiger partial charge in [-0.2, -0.15) is 0 Å². The quantitative estimate of drug-likeness (QED) is 0.530. The molecule has 0 nitrogen and oxygen atoms in total. The van der Waals surface area contributed by atoms with E-state index < -0.39 is 0 Å². The standard InChI is InChI=1S/C15H24.C2H6/c1-5-12-7-8-13-14(2,3)9-6-10-15(13,4)11-12;1-2/h7-8H,5-6,9-11H2,1-4H3;1-2H3. The molecule has 0 aromatic heterocycles. The fourth-order valence-electron chi connectivity index (χ4n) is 3.62. The Morgan fingerprint density at radius 1 is 1.06 bits per heavy atom. The van der Waals surface area contributed by atoms with Crippen LogP contribution >= 0.6 is 0 Å². The molecule has 0 bridgehead atoms. The molecule has 2 aliphatic rings. The average Bonchev–Trinajstić information content (AvgIpc) is 2.29. The van der Waals surface area contributed by atoms with Gasteiger partial charge in [-0.3, -0.25) is 0 Å². The zero-order chi connectivity index (χ0) is 13.1. The lowest BCUT2D eigenvalue weighted by molar-refractivity contribution is 0.193. The molecular weight excluding hydrogens is 204 g/mol. The SMILES string of the molecule is CC.CCC1=CC=C2C(C)(C)CCCC2(C)C1. The van der Waals surface area contributed by atoms with E-state index in [0.717, 1.165) is 0 Å². The van der Waals surface area contributed by atoms with Gasteiger partial charge < -0.3 is 0 Å². The highest BCUT2D eigenvalue weighted by Gasteiger charge is 2.42. The van der Waals surface area contributed by atoms with Crippen molar-refractivity contribution in [1.82, 2.24) is 0 Å². The summed E-state index contributed by atoms with van der Waals surface area (Å²) in [7, 11) is 0. The van der Waals surface area contributed by atoms with Crippen LogP contribution in [0.25, 0.3) is 0 Å². The number of allylic oxidation sites excluding steroid dienone is 4. The summed E-state index contributed by atoms with van der Waals surface area (Å²) in [6.07, 6.45) is 11.5. The van der Waals surface area contributed by atoms with E-state index in [4.69, 9.17) is 0 Å². The second-order valence-corrected chi connectivity index (χ2v) is 6.23. The molecule has 0 spiro atoms. The van der Waals surface area contributed by atoms with E-state index in [1.807, 2.05) is 13.8 Å². The summed E-state index contributed by atoms with van der Waals surface area (Å²) in [4.78, 5) is 0. The molecule has 1 saturated carbocycles. The predicted molar refractivity (Wildman–Crippen MR) is 78.2 cm³/mol. The van der Waals surface area contributed by atoms with Crippen LogP contribution in [-0.4, -0.2) is 0 Å². The lowest BCUT2D eigenvalue weighted by Gasteiger charge is -2.48. The van der Waals surface area contributed by atoms with Gasteiger partial charge in [0.2, 0.25) is 0 Å². The van der Waals surface area contributed by atoms with Gasteiger partial charge in [0, 0.05) is 0 Å². The molecule has 2 rings (SSSR count).